The molecule has 20 heavy (non-hydrogen) atoms. The SMILES string of the molecule is Cn1ncc2c(Cl)nc(CN3CCCC(CO)C3)nc21. The van der Waals surface area contributed by atoms with Crippen LogP contribution in [0.1, 0.15) is 18.7 Å². The second-order valence-electron chi connectivity index (χ2n) is 5.36. The summed E-state index contributed by atoms with van der Waals surface area (Å²) in [6.45, 7) is 2.82. The number of nitrogens with zero attached hydrogens (tertiary/aromatic N) is 5. The molecule has 6 nitrogen and oxygen atoms in total. The third-order valence-corrected chi connectivity index (χ3v) is 4.11. The van der Waals surface area contributed by atoms with Crippen molar-refractivity contribution in [3.05, 3.63) is 17.2 Å². The van der Waals surface area contributed by atoms with Crippen LogP contribution in [0.2, 0.25) is 5.15 Å². The lowest BCUT2D eigenvalue weighted by Crippen LogP contribution is -2.36. The third kappa shape index (κ3) is 2.63. The standard InChI is InChI=1S/C13H18ClN5O/c1-18-13-10(5-15-18)12(14)16-11(17-13)7-19-4-2-3-9(6-19)8-20/h5,9,20H,2-4,6-8H2,1H3. The maximum Gasteiger partial charge on any atom is 0.162 e. The zero-order chi connectivity index (χ0) is 14.1. The summed E-state index contributed by atoms with van der Waals surface area (Å²) >= 11 is 6.19. The van der Waals surface area contributed by atoms with Crippen LogP contribution < -0.4 is 0 Å². The molecular formula is C13H18ClN5O. The molecule has 2 aromatic rings. The number of fused-ring (bicyclic) bond motifs is 1. The molecule has 0 spiro atoms. The number of aromatic nitrogens is 4. The summed E-state index contributed by atoms with van der Waals surface area (Å²) in [6, 6.07) is 0. The number of hydrogen-bond donors (Lipinski definition) is 1. The molecule has 1 N–H and O–H groups in total. The van der Waals surface area contributed by atoms with Crippen LogP contribution in [0.3, 0.4) is 0 Å². The number of aryl methyl sites for hydroxylation is 1. The molecule has 1 aliphatic rings. The van der Waals surface area contributed by atoms with Gasteiger partial charge in [0.2, 0.25) is 0 Å². The lowest BCUT2D eigenvalue weighted by Gasteiger charge is -2.31. The molecule has 0 amide bonds. The highest BCUT2D eigenvalue weighted by Crippen LogP contribution is 2.21. The number of halogens is 1. The lowest BCUT2D eigenvalue weighted by molar-refractivity contribution is 0.114. The highest BCUT2D eigenvalue weighted by atomic mass is 35.5. The number of aliphatic hydroxyl groups is 1. The van der Waals surface area contributed by atoms with Crippen LogP contribution in [-0.2, 0) is 13.6 Å². The summed E-state index contributed by atoms with van der Waals surface area (Å²) in [4.78, 5) is 11.2. The van der Waals surface area contributed by atoms with Crippen LogP contribution in [0.15, 0.2) is 6.20 Å². The molecule has 1 saturated heterocycles. The van der Waals surface area contributed by atoms with Gasteiger partial charge >= 0.3 is 0 Å². The summed E-state index contributed by atoms with van der Waals surface area (Å²) in [5.41, 5.74) is 0.760. The Morgan fingerprint density at radius 2 is 2.30 bits per heavy atom. The van der Waals surface area contributed by atoms with Gasteiger partial charge in [-0.2, -0.15) is 5.10 Å². The minimum absolute atomic E-state index is 0.249. The Kier molecular flexibility index (Phi) is 3.87. The van der Waals surface area contributed by atoms with Crippen LogP contribution in [0.5, 0.6) is 0 Å². The quantitative estimate of drug-likeness (QED) is 0.863. The van der Waals surface area contributed by atoms with Crippen LogP contribution in [0, 0.1) is 5.92 Å². The van der Waals surface area contributed by atoms with Crippen molar-refractivity contribution >= 4 is 22.6 Å². The number of piperidine rings is 1. The Balaban J connectivity index is 1.82. The minimum Gasteiger partial charge on any atom is -0.396 e. The topological polar surface area (TPSA) is 67.1 Å². The van der Waals surface area contributed by atoms with Crippen molar-refractivity contribution in [2.24, 2.45) is 13.0 Å². The van der Waals surface area contributed by atoms with Gasteiger partial charge in [0.25, 0.3) is 0 Å². The van der Waals surface area contributed by atoms with Gasteiger partial charge in [-0.15, -0.1) is 0 Å². The predicted molar refractivity (Wildman–Crippen MR) is 76.4 cm³/mol. The number of aliphatic hydroxyl groups excluding tert-OH is 1. The van der Waals surface area contributed by atoms with Gasteiger partial charge in [-0.1, -0.05) is 11.6 Å². The molecule has 3 rings (SSSR count). The fourth-order valence-electron chi connectivity index (χ4n) is 2.74. The first-order valence-corrected chi connectivity index (χ1v) is 7.22. The Labute approximate surface area is 122 Å². The van der Waals surface area contributed by atoms with Gasteiger partial charge in [-0.3, -0.25) is 9.58 Å². The number of likely N-dealkylation sites (tertiary alicyclic amines) is 1. The minimum atomic E-state index is 0.249. The predicted octanol–water partition coefficient (Wildman–Crippen LogP) is 1.22. The first-order valence-electron chi connectivity index (χ1n) is 6.84. The van der Waals surface area contributed by atoms with E-state index < -0.39 is 0 Å². The fraction of sp³-hybridized carbons (Fsp3) is 0.615. The van der Waals surface area contributed by atoms with E-state index in [0.29, 0.717) is 23.4 Å². The van der Waals surface area contributed by atoms with Gasteiger partial charge < -0.3 is 5.11 Å². The molecule has 0 radical (unpaired) electrons. The molecule has 3 heterocycles. The summed E-state index contributed by atoms with van der Waals surface area (Å²) in [7, 11) is 1.85. The highest BCUT2D eigenvalue weighted by molar-refractivity contribution is 6.33. The zero-order valence-electron chi connectivity index (χ0n) is 11.5. The van der Waals surface area contributed by atoms with Crippen LogP contribution in [0.4, 0.5) is 0 Å². The van der Waals surface area contributed by atoms with Crippen LogP contribution in [0.25, 0.3) is 11.0 Å². The summed E-state index contributed by atoms with van der Waals surface area (Å²) in [6.07, 6.45) is 3.88. The van der Waals surface area contributed by atoms with Crippen LogP contribution in [-0.4, -0.2) is 49.5 Å². The van der Waals surface area contributed by atoms with Gasteiger partial charge in [0, 0.05) is 20.2 Å². The van der Waals surface area contributed by atoms with E-state index in [2.05, 4.69) is 20.0 Å². The smallest absolute Gasteiger partial charge is 0.162 e. The lowest BCUT2D eigenvalue weighted by atomic mass is 9.99. The Morgan fingerprint density at radius 1 is 1.45 bits per heavy atom. The summed E-state index contributed by atoms with van der Waals surface area (Å²) < 4.78 is 1.71. The molecule has 108 valence electrons. The van der Waals surface area contributed by atoms with E-state index in [0.717, 1.165) is 37.0 Å². The largest absolute Gasteiger partial charge is 0.396 e. The van der Waals surface area contributed by atoms with Gasteiger partial charge in [-0.05, 0) is 25.3 Å². The Hall–Kier alpha value is -1.24. The molecule has 0 saturated carbocycles. The fourth-order valence-corrected chi connectivity index (χ4v) is 2.98. The highest BCUT2D eigenvalue weighted by Gasteiger charge is 2.20. The van der Waals surface area contributed by atoms with E-state index in [1.165, 1.54) is 0 Å². The maximum atomic E-state index is 9.28. The van der Waals surface area contributed by atoms with E-state index in [9.17, 15) is 5.11 Å². The Morgan fingerprint density at radius 3 is 3.10 bits per heavy atom. The molecule has 7 heteroatoms. The summed E-state index contributed by atoms with van der Waals surface area (Å²) in [5, 5.41) is 14.7. The van der Waals surface area contributed by atoms with Crippen molar-refractivity contribution in [2.45, 2.75) is 19.4 Å². The van der Waals surface area contributed by atoms with Gasteiger partial charge in [0.05, 0.1) is 18.1 Å². The van der Waals surface area contributed by atoms with E-state index in [1.807, 2.05) is 7.05 Å². The Bertz CT molecular complexity index is 614. The van der Waals surface area contributed by atoms with Crippen molar-refractivity contribution in [1.29, 1.82) is 0 Å². The maximum absolute atomic E-state index is 9.28. The second-order valence-corrected chi connectivity index (χ2v) is 5.72. The van der Waals surface area contributed by atoms with Crippen molar-refractivity contribution in [1.82, 2.24) is 24.6 Å². The van der Waals surface area contributed by atoms with Gasteiger partial charge in [0.15, 0.2) is 5.65 Å². The monoisotopic (exact) mass is 295 g/mol. The van der Waals surface area contributed by atoms with E-state index in [1.54, 1.807) is 10.9 Å². The molecule has 2 aromatic heterocycles. The molecule has 1 fully saturated rings. The average Bonchev–Trinajstić information content (AvgIpc) is 2.81. The number of hydrogen-bond acceptors (Lipinski definition) is 5. The van der Waals surface area contributed by atoms with Crippen molar-refractivity contribution in [2.75, 3.05) is 19.7 Å². The zero-order valence-corrected chi connectivity index (χ0v) is 12.2. The van der Waals surface area contributed by atoms with E-state index in [-0.39, 0.29) is 6.61 Å². The molecule has 1 aliphatic heterocycles. The van der Waals surface area contributed by atoms with Gasteiger partial charge in [-0.25, -0.2) is 9.97 Å². The third-order valence-electron chi connectivity index (χ3n) is 3.82. The molecule has 1 atom stereocenters. The number of rotatable bonds is 3. The van der Waals surface area contributed by atoms with E-state index >= 15 is 0 Å². The van der Waals surface area contributed by atoms with Crippen molar-refractivity contribution in [3.63, 3.8) is 0 Å². The van der Waals surface area contributed by atoms with Crippen molar-refractivity contribution < 1.29 is 5.11 Å². The van der Waals surface area contributed by atoms with Crippen molar-refractivity contribution in [3.8, 4) is 0 Å². The molecule has 0 aromatic carbocycles. The summed E-state index contributed by atoms with van der Waals surface area (Å²) in [5.74, 6) is 1.07. The second kappa shape index (κ2) is 5.63. The molecule has 0 bridgehead atoms. The van der Waals surface area contributed by atoms with E-state index in [4.69, 9.17) is 11.6 Å². The first kappa shape index (κ1) is 13.7. The molecule has 0 aliphatic carbocycles. The molecular weight excluding hydrogens is 278 g/mol. The first-order chi connectivity index (χ1) is 9.67. The van der Waals surface area contributed by atoms with Gasteiger partial charge in [0.1, 0.15) is 11.0 Å². The average molecular weight is 296 g/mol. The van der Waals surface area contributed by atoms with Crippen LogP contribution >= 0.6 is 11.6 Å². The normalized spacial score (nSPS) is 20.6. The molecule has 1 unspecified atom stereocenters.